The lowest BCUT2D eigenvalue weighted by molar-refractivity contribution is -0.115. The molecule has 0 spiro atoms. The molecule has 0 aliphatic heterocycles. The Balaban J connectivity index is 1.98. The van der Waals surface area contributed by atoms with Crippen LogP contribution >= 0.6 is 0 Å². The molecule has 0 atom stereocenters. The van der Waals surface area contributed by atoms with Crippen LogP contribution in [0.4, 0.5) is 0 Å². The van der Waals surface area contributed by atoms with Crippen molar-refractivity contribution < 1.29 is 14.3 Å². The van der Waals surface area contributed by atoms with Gasteiger partial charge in [-0.25, -0.2) is 0 Å². The van der Waals surface area contributed by atoms with Crippen molar-refractivity contribution >= 4 is 22.6 Å². The molecule has 3 rings (SSSR count). The number of Topliss-reactive ketones (excluding diaryl/α,β-unsaturated/α-hetero) is 1. The number of hydrogen-bond acceptors (Lipinski definition) is 3. The fourth-order valence-corrected chi connectivity index (χ4v) is 3.88. The Hall–Kier alpha value is -2.82. The van der Waals surface area contributed by atoms with E-state index in [0.717, 1.165) is 27.6 Å². The Morgan fingerprint density at radius 3 is 2.57 bits per heavy atom. The standard InChI is InChI=1S/C23H28N2O3/c1-13(2)25-12-16(5)22-18(9-17(28-6)10-20(22)25)23(27)24-11-19-15(4)7-14(3)8-21(19)26/h7,9-10,12-13H,8,11H2,1-6H3,(H,24,27). The van der Waals surface area contributed by atoms with Crippen LogP contribution in [-0.2, 0) is 4.79 Å². The van der Waals surface area contributed by atoms with E-state index in [4.69, 9.17) is 4.74 Å². The van der Waals surface area contributed by atoms with Crippen molar-refractivity contribution in [3.63, 3.8) is 0 Å². The summed E-state index contributed by atoms with van der Waals surface area (Å²) in [6.45, 7) is 10.3. The van der Waals surface area contributed by atoms with Crippen LogP contribution in [0.3, 0.4) is 0 Å². The molecule has 5 heteroatoms. The van der Waals surface area contributed by atoms with E-state index in [2.05, 4.69) is 29.9 Å². The van der Waals surface area contributed by atoms with Gasteiger partial charge in [0.05, 0.1) is 18.2 Å². The number of carbonyl (C=O) groups excluding carboxylic acids is 2. The van der Waals surface area contributed by atoms with E-state index in [1.807, 2.05) is 32.9 Å². The predicted molar refractivity (Wildman–Crippen MR) is 112 cm³/mol. The number of nitrogens with one attached hydrogen (secondary N) is 1. The number of ether oxygens (including phenoxy) is 1. The first-order valence-electron chi connectivity index (χ1n) is 9.60. The summed E-state index contributed by atoms with van der Waals surface area (Å²) >= 11 is 0. The average molecular weight is 380 g/mol. The van der Waals surface area contributed by atoms with Gasteiger partial charge in [0.15, 0.2) is 5.78 Å². The first kappa shape index (κ1) is 19.9. The summed E-state index contributed by atoms with van der Waals surface area (Å²) in [5, 5.41) is 3.86. The van der Waals surface area contributed by atoms with Gasteiger partial charge in [-0.15, -0.1) is 0 Å². The molecule has 2 aromatic rings. The Bertz CT molecular complexity index is 1020. The van der Waals surface area contributed by atoms with E-state index >= 15 is 0 Å². The maximum atomic E-state index is 13.1. The third-order valence-electron chi connectivity index (χ3n) is 5.27. The number of allylic oxidation sites excluding steroid dienone is 3. The zero-order chi connectivity index (χ0) is 20.6. The summed E-state index contributed by atoms with van der Waals surface area (Å²) < 4.78 is 7.58. The fourth-order valence-electron chi connectivity index (χ4n) is 3.88. The quantitative estimate of drug-likeness (QED) is 0.830. The third-order valence-corrected chi connectivity index (χ3v) is 5.27. The van der Waals surface area contributed by atoms with Gasteiger partial charge in [0.25, 0.3) is 5.91 Å². The molecular formula is C23H28N2O3. The van der Waals surface area contributed by atoms with Crippen molar-refractivity contribution in [1.82, 2.24) is 9.88 Å². The zero-order valence-corrected chi connectivity index (χ0v) is 17.5. The lowest BCUT2D eigenvalue weighted by Crippen LogP contribution is -2.29. The second kappa shape index (κ2) is 7.66. The van der Waals surface area contributed by atoms with E-state index < -0.39 is 0 Å². The molecule has 0 saturated carbocycles. The summed E-state index contributed by atoms with van der Waals surface area (Å²) in [7, 11) is 1.60. The number of hydrogen-bond donors (Lipinski definition) is 1. The van der Waals surface area contributed by atoms with Crippen LogP contribution in [-0.4, -0.2) is 29.9 Å². The molecule has 1 aliphatic rings. The number of nitrogens with zero attached hydrogens (tertiary/aromatic N) is 1. The molecule has 5 nitrogen and oxygen atoms in total. The second-order valence-electron chi connectivity index (χ2n) is 7.82. The molecule has 1 N–H and O–H groups in total. The maximum absolute atomic E-state index is 13.1. The smallest absolute Gasteiger partial charge is 0.252 e. The summed E-state index contributed by atoms with van der Waals surface area (Å²) in [6, 6.07) is 4.00. The second-order valence-corrected chi connectivity index (χ2v) is 7.82. The topological polar surface area (TPSA) is 60.3 Å². The largest absolute Gasteiger partial charge is 0.497 e. The molecule has 1 aliphatic carbocycles. The number of amides is 1. The lowest BCUT2D eigenvalue weighted by Gasteiger charge is -2.17. The lowest BCUT2D eigenvalue weighted by atomic mass is 9.92. The Morgan fingerprint density at radius 2 is 1.96 bits per heavy atom. The number of ketones is 1. The highest BCUT2D eigenvalue weighted by Crippen LogP contribution is 2.31. The van der Waals surface area contributed by atoms with Crippen molar-refractivity contribution in [2.24, 2.45) is 0 Å². The monoisotopic (exact) mass is 380 g/mol. The minimum atomic E-state index is -0.201. The van der Waals surface area contributed by atoms with E-state index in [1.54, 1.807) is 13.2 Å². The van der Waals surface area contributed by atoms with Gasteiger partial charge in [-0.1, -0.05) is 11.6 Å². The molecule has 28 heavy (non-hydrogen) atoms. The van der Waals surface area contributed by atoms with Crippen LogP contribution in [0.2, 0.25) is 0 Å². The molecule has 1 heterocycles. The summed E-state index contributed by atoms with van der Waals surface area (Å²) in [5.74, 6) is 0.518. The highest BCUT2D eigenvalue weighted by Gasteiger charge is 2.21. The Morgan fingerprint density at radius 1 is 1.25 bits per heavy atom. The molecule has 0 unspecified atom stereocenters. The number of aryl methyl sites for hydroxylation is 1. The molecule has 1 aromatic carbocycles. The van der Waals surface area contributed by atoms with Crippen molar-refractivity contribution in [3.05, 3.63) is 52.3 Å². The van der Waals surface area contributed by atoms with Gasteiger partial charge in [0, 0.05) is 42.2 Å². The Labute approximate surface area is 166 Å². The summed E-state index contributed by atoms with van der Waals surface area (Å²) in [5.41, 5.74) is 5.23. The van der Waals surface area contributed by atoms with Gasteiger partial charge in [0.1, 0.15) is 5.75 Å². The molecular weight excluding hydrogens is 352 g/mol. The van der Waals surface area contributed by atoms with Gasteiger partial charge < -0.3 is 14.6 Å². The van der Waals surface area contributed by atoms with Crippen molar-refractivity contribution in [2.45, 2.75) is 47.1 Å². The number of rotatable bonds is 5. The summed E-state index contributed by atoms with van der Waals surface area (Å²) in [4.78, 5) is 25.4. The normalized spacial score (nSPS) is 14.7. The number of carbonyl (C=O) groups is 2. The van der Waals surface area contributed by atoms with Crippen LogP contribution in [0.5, 0.6) is 5.75 Å². The van der Waals surface area contributed by atoms with Gasteiger partial charge >= 0.3 is 0 Å². The van der Waals surface area contributed by atoms with E-state index in [-0.39, 0.29) is 24.3 Å². The third kappa shape index (κ3) is 3.61. The van der Waals surface area contributed by atoms with Gasteiger partial charge in [-0.3, -0.25) is 9.59 Å². The summed E-state index contributed by atoms with van der Waals surface area (Å²) in [6.07, 6.45) is 4.50. The van der Waals surface area contributed by atoms with E-state index in [9.17, 15) is 9.59 Å². The SMILES string of the molecule is COc1cc(C(=O)NCC2=C(C)C=C(C)CC2=O)c2c(C)cn(C(C)C)c2c1. The van der Waals surface area contributed by atoms with Crippen LogP contribution in [0.25, 0.3) is 10.9 Å². The van der Waals surface area contributed by atoms with Crippen molar-refractivity contribution in [3.8, 4) is 5.75 Å². The molecule has 1 amide bonds. The van der Waals surface area contributed by atoms with Gasteiger partial charge in [-0.05, 0) is 51.8 Å². The first-order valence-corrected chi connectivity index (χ1v) is 9.60. The molecule has 0 saturated heterocycles. The number of methoxy groups -OCH3 is 1. The maximum Gasteiger partial charge on any atom is 0.252 e. The van der Waals surface area contributed by atoms with E-state index in [1.165, 1.54) is 0 Å². The molecule has 1 aromatic heterocycles. The average Bonchev–Trinajstić information content (AvgIpc) is 2.96. The minimum absolute atomic E-state index is 0.0794. The predicted octanol–water partition coefficient (Wildman–Crippen LogP) is 4.50. The van der Waals surface area contributed by atoms with Crippen molar-refractivity contribution in [1.29, 1.82) is 0 Å². The van der Waals surface area contributed by atoms with Crippen LogP contribution in [0.1, 0.15) is 56.1 Å². The van der Waals surface area contributed by atoms with E-state index in [0.29, 0.717) is 23.3 Å². The highest BCUT2D eigenvalue weighted by molar-refractivity contribution is 6.09. The van der Waals surface area contributed by atoms with Crippen LogP contribution in [0.15, 0.2) is 41.1 Å². The minimum Gasteiger partial charge on any atom is -0.497 e. The molecule has 148 valence electrons. The molecule has 0 radical (unpaired) electrons. The van der Waals surface area contributed by atoms with Gasteiger partial charge in [-0.2, -0.15) is 0 Å². The van der Waals surface area contributed by atoms with Gasteiger partial charge in [0.2, 0.25) is 0 Å². The number of fused-ring (bicyclic) bond motifs is 1. The number of aromatic nitrogens is 1. The zero-order valence-electron chi connectivity index (χ0n) is 17.5. The first-order chi connectivity index (χ1) is 13.2. The fraction of sp³-hybridized carbons (Fsp3) is 0.391. The van der Waals surface area contributed by atoms with Crippen LogP contribution in [0, 0.1) is 6.92 Å². The number of benzene rings is 1. The van der Waals surface area contributed by atoms with Crippen molar-refractivity contribution in [2.75, 3.05) is 13.7 Å². The Kier molecular flexibility index (Phi) is 5.45. The highest BCUT2D eigenvalue weighted by atomic mass is 16.5. The van der Waals surface area contributed by atoms with Crippen LogP contribution < -0.4 is 10.1 Å². The molecule has 0 fully saturated rings. The molecule has 0 bridgehead atoms.